The van der Waals surface area contributed by atoms with Crippen LogP contribution in [0.2, 0.25) is 15.1 Å². The summed E-state index contributed by atoms with van der Waals surface area (Å²) in [5, 5.41) is 16.9. The smallest absolute Gasteiger partial charge is 0.341 e. The maximum Gasteiger partial charge on any atom is 0.341 e. The number of halogens is 3. The number of hydrogen-bond acceptors (Lipinski definition) is 3. The van der Waals surface area contributed by atoms with Gasteiger partial charge in [0.15, 0.2) is 12.4 Å². The monoisotopic (exact) mass is 298 g/mol. The van der Waals surface area contributed by atoms with E-state index in [2.05, 4.69) is 0 Å². The number of hydrogen-bond donors (Lipinski definition) is 2. The average molecular weight is 299 g/mol. The Morgan fingerprint density at radius 3 is 2.24 bits per heavy atom. The van der Waals surface area contributed by atoms with Crippen LogP contribution in [0.15, 0.2) is 6.07 Å². The van der Waals surface area contributed by atoms with Crippen LogP contribution in [0.25, 0.3) is 0 Å². The number of benzene rings is 1. The minimum atomic E-state index is -1.42. The van der Waals surface area contributed by atoms with Gasteiger partial charge in [-0.1, -0.05) is 34.8 Å². The highest BCUT2D eigenvalue weighted by molar-refractivity contribution is 6.45. The number of carboxylic acid groups (broad SMARTS) is 2. The van der Waals surface area contributed by atoms with Crippen LogP contribution in [0.5, 0.6) is 5.75 Å². The lowest BCUT2D eigenvalue weighted by atomic mass is 10.2. The number of aromatic carboxylic acids is 1. The molecule has 2 N–H and O–H groups in total. The predicted molar refractivity (Wildman–Crippen MR) is 61.6 cm³/mol. The second kappa shape index (κ2) is 5.44. The Morgan fingerprint density at radius 1 is 1.18 bits per heavy atom. The van der Waals surface area contributed by atoms with Crippen molar-refractivity contribution in [2.75, 3.05) is 6.61 Å². The van der Waals surface area contributed by atoms with Gasteiger partial charge in [-0.25, -0.2) is 9.59 Å². The molecule has 0 heterocycles. The maximum absolute atomic E-state index is 11.0. The average Bonchev–Trinajstić information content (AvgIpc) is 2.20. The van der Waals surface area contributed by atoms with E-state index in [4.69, 9.17) is 49.8 Å². The Kier molecular flexibility index (Phi) is 4.45. The predicted octanol–water partition coefficient (Wildman–Crippen LogP) is 2.81. The van der Waals surface area contributed by atoms with Gasteiger partial charge in [0.2, 0.25) is 0 Å². The van der Waals surface area contributed by atoms with Crippen LogP contribution in [0, 0.1) is 0 Å². The molecule has 0 unspecified atom stereocenters. The van der Waals surface area contributed by atoms with Gasteiger partial charge in [-0.15, -0.1) is 0 Å². The molecule has 1 rings (SSSR count). The molecular formula is C9H5Cl3O5. The molecular weight excluding hydrogens is 294 g/mol. The molecule has 5 nitrogen and oxygen atoms in total. The lowest BCUT2D eigenvalue weighted by molar-refractivity contribution is -0.139. The Bertz CT molecular complexity index is 486. The number of carbonyl (C=O) groups is 2. The normalized spacial score (nSPS) is 10.1. The van der Waals surface area contributed by atoms with Crippen molar-refractivity contribution < 1.29 is 24.5 Å². The quantitative estimate of drug-likeness (QED) is 0.835. The van der Waals surface area contributed by atoms with Crippen molar-refractivity contribution in [2.45, 2.75) is 0 Å². The van der Waals surface area contributed by atoms with E-state index in [1.807, 2.05) is 0 Å². The first-order valence-electron chi connectivity index (χ1n) is 4.10. The zero-order chi connectivity index (χ0) is 13.2. The molecule has 8 heteroatoms. The molecule has 0 radical (unpaired) electrons. The summed E-state index contributed by atoms with van der Waals surface area (Å²) in [6.07, 6.45) is 0. The lowest BCUT2D eigenvalue weighted by Gasteiger charge is -2.11. The van der Waals surface area contributed by atoms with Crippen LogP contribution in [-0.4, -0.2) is 28.8 Å². The van der Waals surface area contributed by atoms with Crippen LogP contribution in [-0.2, 0) is 4.79 Å². The van der Waals surface area contributed by atoms with Crippen LogP contribution in [0.4, 0.5) is 0 Å². The first-order valence-corrected chi connectivity index (χ1v) is 5.23. The Hall–Kier alpha value is -1.17. The molecule has 92 valence electrons. The van der Waals surface area contributed by atoms with Crippen LogP contribution in [0.1, 0.15) is 10.4 Å². The number of ether oxygens (including phenoxy) is 1. The van der Waals surface area contributed by atoms with Gasteiger partial charge in [-0.05, 0) is 6.07 Å². The van der Waals surface area contributed by atoms with Gasteiger partial charge in [-0.3, -0.25) is 0 Å². The van der Waals surface area contributed by atoms with Gasteiger partial charge in [0, 0.05) is 0 Å². The van der Waals surface area contributed by atoms with Crippen LogP contribution >= 0.6 is 34.8 Å². The summed E-state index contributed by atoms with van der Waals surface area (Å²) in [6.45, 7) is -0.738. The fourth-order valence-electron chi connectivity index (χ4n) is 1.04. The highest BCUT2D eigenvalue weighted by Crippen LogP contribution is 2.39. The van der Waals surface area contributed by atoms with Crippen molar-refractivity contribution >= 4 is 46.7 Å². The molecule has 0 aliphatic heterocycles. The Balaban J connectivity index is 3.31. The summed E-state index contributed by atoms with van der Waals surface area (Å²) >= 11 is 17.0. The molecule has 0 saturated heterocycles. The standard InChI is InChI=1S/C9H5Cl3O5/c10-3-1-4(11)8(17-2-5(13)14)6(7(3)12)9(15)16/h1H,2H2,(H,13,14)(H,15,16). The number of carboxylic acids is 2. The van der Waals surface area contributed by atoms with Crippen LogP contribution < -0.4 is 4.74 Å². The maximum atomic E-state index is 11.0. The van der Waals surface area contributed by atoms with Crippen molar-refractivity contribution in [3.8, 4) is 5.75 Å². The van der Waals surface area contributed by atoms with Gasteiger partial charge in [0.05, 0.1) is 15.1 Å². The van der Waals surface area contributed by atoms with Crippen LogP contribution in [0.3, 0.4) is 0 Å². The van der Waals surface area contributed by atoms with E-state index in [9.17, 15) is 9.59 Å². The molecule has 0 bridgehead atoms. The van der Waals surface area contributed by atoms with E-state index in [1.54, 1.807) is 0 Å². The van der Waals surface area contributed by atoms with E-state index in [1.165, 1.54) is 6.07 Å². The largest absolute Gasteiger partial charge is 0.479 e. The zero-order valence-corrected chi connectivity index (χ0v) is 10.3. The first-order chi connectivity index (χ1) is 7.84. The summed E-state index contributed by atoms with van der Waals surface area (Å²) in [5.41, 5.74) is -0.467. The minimum absolute atomic E-state index is 0.0586. The molecule has 1 aromatic carbocycles. The topological polar surface area (TPSA) is 83.8 Å². The second-order valence-electron chi connectivity index (χ2n) is 2.85. The van der Waals surface area contributed by atoms with E-state index < -0.39 is 24.1 Å². The summed E-state index contributed by atoms with van der Waals surface area (Å²) in [6, 6.07) is 1.18. The zero-order valence-electron chi connectivity index (χ0n) is 8.04. The molecule has 0 aliphatic rings. The van der Waals surface area contributed by atoms with E-state index in [-0.39, 0.29) is 20.8 Å². The van der Waals surface area contributed by atoms with Gasteiger partial charge in [0.1, 0.15) is 5.56 Å². The summed E-state index contributed by atoms with van der Waals surface area (Å²) in [4.78, 5) is 21.3. The highest BCUT2D eigenvalue weighted by Gasteiger charge is 2.22. The highest BCUT2D eigenvalue weighted by atomic mass is 35.5. The molecule has 0 spiro atoms. The fraction of sp³-hybridized carbons (Fsp3) is 0.111. The van der Waals surface area contributed by atoms with Gasteiger partial charge in [0.25, 0.3) is 0 Å². The molecule has 0 fully saturated rings. The summed E-state index contributed by atoms with van der Waals surface area (Å²) in [7, 11) is 0. The SMILES string of the molecule is O=C(O)COc1c(Cl)cc(Cl)c(Cl)c1C(=O)O. The summed E-state index contributed by atoms with van der Waals surface area (Å²) < 4.78 is 4.77. The number of rotatable bonds is 4. The molecule has 0 aromatic heterocycles. The number of aliphatic carboxylic acids is 1. The first kappa shape index (κ1) is 13.9. The molecule has 0 atom stereocenters. The van der Waals surface area contributed by atoms with Gasteiger partial charge >= 0.3 is 11.9 Å². The van der Waals surface area contributed by atoms with E-state index >= 15 is 0 Å². The second-order valence-corrected chi connectivity index (χ2v) is 4.04. The molecule has 1 aromatic rings. The fourth-order valence-corrected chi connectivity index (χ4v) is 1.78. The van der Waals surface area contributed by atoms with Crippen molar-refractivity contribution in [1.82, 2.24) is 0 Å². The Morgan fingerprint density at radius 2 is 1.76 bits per heavy atom. The molecule has 0 aliphatic carbocycles. The lowest BCUT2D eigenvalue weighted by Crippen LogP contribution is -2.12. The van der Waals surface area contributed by atoms with Gasteiger partial charge in [-0.2, -0.15) is 0 Å². The third-order valence-electron chi connectivity index (χ3n) is 1.68. The van der Waals surface area contributed by atoms with Gasteiger partial charge < -0.3 is 14.9 Å². The van der Waals surface area contributed by atoms with Crippen molar-refractivity contribution in [1.29, 1.82) is 0 Å². The third kappa shape index (κ3) is 3.15. The Labute approximate surface area is 110 Å². The molecule has 0 amide bonds. The van der Waals surface area contributed by atoms with E-state index in [0.717, 1.165) is 0 Å². The molecule has 17 heavy (non-hydrogen) atoms. The van der Waals surface area contributed by atoms with Crippen molar-refractivity contribution in [2.24, 2.45) is 0 Å². The third-order valence-corrected chi connectivity index (χ3v) is 2.75. The minimum Gasteiger partial charge on any atom is -0.479 e. The molecule has 0 saturated carbocycles. The summed E-state index contributed by atoms with van der Waals surface area (Å²) in [5.74, 6) is -3.01. The van der Waals surface area contributed by atoms with Crippen molar-refractivity contribution in [3.05, 3.63) is 26.7 Å². The van der Waals surface area contributed by atoms with Crippen molar-refractivity contribution in [3.63, 3.8) is 0 Å². The van der Waals surface area contributed by atoms with E-state index in [0.29, 0.717) is 0 Å².